The Labute approximate surface area is 101 Å². The summed E-state index contributed by atoms with van der Waals surface area (Å²) >= 11 is 3.34. The molecule has 0 aliphatic heterocycles. The molecular formula is C12H10BrF2N. The Morgan fingerprint density at radius 1 is 1.06 bits per heavy atom. The first-order valence-electron chi connectivity index (χ1n) is 4.79. The zero-order valence-electron chi connectivity index (χ0n) is 8.62. The van der Waals surface area contributed by atoms with E-state index in [1.807, 2.05) is 24.3 Å². The summed E-state index contributed by atoms with van der Waals surface area (Å²) in [6.45, 7) is 0. The van der Waals surface area contributed by atoms with Crippen LogP contribution in [0.25, 0.3) is 11.3 Å². The number of alkyl halides is 2. The van der Waals surface area contributed by atoms with E-state index in [1.54, 1.807) is 13.1 Å². The van der Waals surface area contributed by atoms with E-state index in [0.717, 1.165) is 15.7 Å². The smallest absolute Gasteiger partial charge is 0.278 e. The first-order valence-corrected chi connectivity index (χ1v) is 5.58. The zero-order chi connectivity index (χ0) is 11.7. The van der Waals surface area contributed by atoms with Crippen LogP contribution in [0, 0.1) is 0 Å². The minimum atomic E-state index is -2.44. The number of rotatable bonds is 2. The second-order valence-electron chi connectivity index (χ2n) is 3.51. The van der Waals surface area contributed by atoms with E-state index in [1.165, 1.54) is 10.6 Å². The molecule has 2 rings (SSSR count). The van der Waals surface area contributed by atoms with Gasteiger partial charge >= 0.3 is 0 Å². The first kappa shape index (κ1) is 11.3. The predicted molar refractivity (Wildman–Crippen MR) is 63.5 cm³/mol. The summed E-state index contributed by atoms with van der Waals surface area (Å²) in [6.07, 6.45) is -2.44. The molecule has 1 heterocycles. The third kappa shape index (κ3) is 2.02. The largest absolute Gasteiger partial charge is 0.343 e. The molecule has 0 amide bonds. The molecule has 0 radical (unpaired) electrons. The average molecular weight is 286 g/mol. The van der Waals surface area contributed by atoms with Crippen molar-refractivity contribution in [3.05, 3.63) is 46.6 Å². The Kier molecular flexibility index (Phi) is 3.10. The standard InChI is InChI=1S/C12H10BrF2N/c1-16-10(6-7-11(16)12(14)15)8-2-4-9(13)5-3-8/h2-7,12H,1H3. The van der Waals surface area contributed by atoms with Gasteiger partial charge in [0.25, 0.3) is 6.43 Å². The molecule has 4 heteroatoms. The van der Waals surface area contributed by atoms with Crippen molar-refractivity contribution in [3.63, 3.8) is 0 Å². The van der Waals surface area contributed by atoms with Gasteiger partial charge in [0.2, 0.25) is 0 Å². The topological polar surface area (TPSA) is 4.93 Å². The van der Waals surface area contributed by atoms with Crippen molar-refractivity contribution in [1.29, 1.82) is 0 Å². The Hall–Kier alpha value is -1.16. The maximum absolute atomic E-state index is 12.6. The molecular weight excluding hydrogens is 276 g/mol. The van der Waals surface area contributed by atoms with E-state index < -0.39 is 6.43 Å². The SMILES string of the molecule is Cn1c(-c2ccc(Br)cc2)ccc1C(F)F. The zero-order valence-corrected chi connectivity index (χ0v) is 10.2. The lowest BCUT2D eigenvalue weighted by molar-refractivity contribution is 0.142. The lowest BCUT2D eigenvalue weighted by Gasteiger charge is -2.07. The van der Waals surface area contributed by atoms with Crippen LogP contribution in [0.4, 0.5) is 8.78 Å². The first-order chi connectivity index (χ1) is 7.59. The van der Waals surface area contributed by atoms with E-state index in [9.17, 15) is 8.78 Å². The lowest BCUT2D eigenvalue weighted by atomic mass is 10.1. The Balaban J connectivity index is 2.45. The number of hydrogen-bond acceptors (Lipinski definition) is 0. The van der Waals surface area contributed by atoms with Gasteiger partial charge in [0.1, 0.15) is 0 Å². The number of benzene rings is 1. The molecule has 0 unspecified atom stereocenters. The van der Waals surface area contributed by atoms with Gasteiger partial charge in [-0.1, -0.05) is 28.1 Å². The van der Waals surface area contributed by atoms with Crippen molar-refractivity contribution >= 4 is 15.9 Å². The van der Waals surface area contributed by atoms with Crippen molar-refractivity contribution < 1.29 is 8.78 Å². The maximum atomic E-state index is 12.6. The van der Waals surface area contributed by atoms with E-state index in [2.05, 4.69) is 15.9 Å². The molecule has 0 saturated heterocycles. The van der Waals surface area contributed by atoms with Gasteiger partial charge in [-0.3, -0.25) is 0 Å². The van der Waals surface area contributed by atoms with E-state index >= 15 is 0 Å². The van der Waals surface area contributed by atoms with Crippen LogP contribution in [0.5, 0.6) is 0 Å². The molecule has 0 fully saturated rings. The normalized spacial score (nSPS) is 11.1. The van der Waals surface area contributed by atoms with Crippen LogP contribution >= 0.6 is 15.9 Å². The summed E-state index contributed by atoms with van der Waals surface area (Å²) in [7, 11) is 1.65. The van der Waals surface area contributed by atoms with Crippen molar-refractivity contribution in [2.24, 2.45) is 7.05 Å². The van der Waals surface area contributed by atoms with Crippen molar-refractivity contribution in [2.75, 3.05) is 0 Å². The second kappa shape index (κ2) is 4.37. The van der Waals surface area contributed by atoms with Crippen LogP contribution in [-0.2, 0) is 7.05 Å². The Bertz CT molecular complexity index is 488. The minimum Gasteiger partial charge on any atom is -0.343 e. The molecule has 0 atom stereocenters. The summed E-state index contributed by atoms with van der Waals surface area (Å²) in [6, 6.07) is 10.8. The molecule has 1 nitrogen and oxygen atoms in total. The third-order valence-corrected chi connectivity index (χ3v) is 3.05. The molecule has 0 N–H and O–H groups in total. The van der Waals surface area contributed by atoms with Crippen LogP contribution < -0.4 is 0 Å². The number of halogens is 3. The highest BCUT2D eigenvalue weighted by Crippen LogP contribution is 2.27. The van der Waals surface area contributed by atoms with Crippen LogP contribution in [0.3, 0.4) is 0 Å². The fourth-order valence-corrected chi connectivity index (χ4v) is 1.92. The summed E-state index contributed by atoms with van der Waals surface area (Å²) in [5.41, 5.74) is 1.76. The summed E-state index contributed by atoms with van der Waals surface area (Å²) < 4.78 is 27.7. The van der Waals surface area contributed by atoms with Gasteiger partial charge in [0, 0.05) is 17.2 Å². The Morgan fingerprint density at radius 2 is 1.69 bits per heavy atom. The highest BCUT2D eigenvalue weighted by molar-refractivity contribution is 9.10. The molecule has 0 aliphatic rings. The molecule has 0 bridgehead atoms. The Morgan fingerprint density at radius 3 is 2.19 bits per heavy atom. The molecule has 0 aliphatic carbocycles. The minimum absolute atomic E-state index is 0.0397. The van der Waals surface area contributed by atoms with Crippen molar-refractivity contribution in [2.45, 2.75) is 6.43 Å². The maximum Gasteiger partial charge on any atom is 0.278 e. The quantitative estimate of drug-likeness (QED) is 0.771. The monoisotopic (exact) mass is 285 g/mol. The molecule has 1 aromatic carbocycles. The predicted octanol–water partition coefficient (Wildman–Crippen LogP) is 4.39. The van der Waals surface area contributed by atoms with Gasteiger partial charge < -0.3 is 4.57 Å². The molecule has 0 saturated carbocycles. The lowest BCUT2D eigenvalue weighted by Crippen LogP contribution is -1.98. The van der Waals surface area contributed by atoms with Crippen LogP contribution in [-0.4, -0.2) is 4.57 Å². The molecule has 84 valence electrons. The number of aromatic nitrogens is 1. The highest BCUT2D eigenvalue weighted by Gasteiger charge is 2.14. The number of hydrogen-bond donors (Lipinski definition) is 0. The highest BCUT2D eigenvalue weighted by atomic mass is 79.9. The van der Waals surface area contributed by atoms with E-state index in [-0.39, 0.29) is 5.69 Å². The molecule has 0 spiro atoms. The van der Waals surface area contributed by atoms with Gasteiger partial charge in [-0.2, -0.15) is 0 Å². The average Bonchev–Trinajstić information content (AvgIpc) is 2.61. The fourth-order valence-electron chi connectivity index (χ4n) is 1.66. The van der Waals surface area contributed by atoms with Gasteiger partial charge in [-0.15, -0.1) is 0 Å². The van der Waals surface area contributed by atoms with Crippen LogP contribution in [0.15, 0.2) is 40.9 Å². The summed E-state index contributed by atoms with van der Waals surface area (Å²) in [4.78, 5) is 0. The van der Waals surface area contributed by atoms with E-state index in [4.69, 9.17) is 0 Å². The summed E-state index contributed by atoms with van der Waals surface area (Å²) in [5, 5.41) is 0. The van der Waals surface area contributed by atoms with Gasteiger partial charge in [-0.25, -0.2) is 8.78 Å². The van der Waals surface area contributed by atoms with Crippen LogP contribution in [0.1, 0.15) is 12.1 Å². The van der Waals surface area contributed by atoms with Crippen LogP contribution in [0.2, 0.25) is 0 Å². The number of nitrogens with zero attached hydrogens (tertiary/aromatic N) is 1. The van der Waals surface area contributed by atoms with Crippen molar-refractivity contribution in [1.82, 2.24) is 4.57 Å². The summed E-state index contributed by atoms with van der Waals surface area (Å²) in [5.74, 6) is 0. The van der Waals surface area contributed by atoms with Gasteiger partial charge in [0.05, 0.1) is 5.69 Å². The second-order valence-corrected chi connectivity index (χ2v) is 4.43. The molecule has 16 heavy (non-hydrogen) atoms. The van der Waals surface area contributed by atoms with E-state index in [0.29, 0.717) is 0 Å². The fraction of sp³-hybridized carbons (Fsp3) is 0.167. The van der Waals surface area contributed by atoms with Gasteiger partial charge in [0.15, 0.2) is 0 Å². The van der Waals surface area contributed by atoms with Gasteiger partial charge in [-0.05, 0) is 29.8 Å². The molecule has 2 aromatic rings. The molecule has 1 aromatic heterocycles. The third-order valence-electron chi connectivity index (χ3n) is 2.52. The van der Waals surface area contributed by atoms with Crippen molar-refractivity contribution in [3.8, 4) is 11.3 Å².